The van der Waals surface area contributed by atoms with Crippen LogP contribution in [0.15, 0.2) is 30.5 Å². The van der Waals surface area contributed by atoms with E-state index in [9.17, 15) is 4.79 Å². The molecule has 0 bridgehead atoms. The zero-order valence-corrected chi connectivity index (χ0v) is 15.5. The molecule has 1 unspecified atom stereocenters. The van der Waals surface area contributed by atoms with Gasteiger partial charge in [0.1, 0.15) is 5.69 Å². The van der Waals surface area contributed by atoms with Crippen LogP contribution in [0.4, 0.5) is 0 Å². The molecule has 3 aromatic rings. The van der Waals surface area contributed by atoms with Gasteiger partial charge in [-0.1, -0.05) is 23.7 Å². The third kappa shape index (κ3) is 2.16. The number of carbonyl (C=O) groups excluding carboxylic acids is 1. The van der Waals surface area contributed by atoms with Crippen molar-refractivity contribution in [1.29, 1.82) is 0 Å². The molecule has 3 heterocycles. The van der Waals surface area contributed by atoms with Crippen LogP contribution in [0.2, 0.25) is 5.02 Å². The first kappa shape index (κ1) is 15.9. The van der Waals surface area contributed by atoms with Crippen LogP contribution in [0, 0.1) is 0 Å². The number of carbonyl (C=O) groups is 1. The molecular weight excluding hydrogens is 348 g/mol. The number of nitrogens with zero attached hydrogens (tertiary/aromatic N) is 3. The number of aromatic nitrogens is 3. The quantitative estimate of drug-likeness (QED) is 0.712. The van der Waals surface area contributed by atoms with Gasteiger partial charge in [-0.15, -0.1) is 0 Å². The van der Waals surface area contributed by atoms with Crippen LogP contribution in [0.1, 0.15) is 41.0 Å². The van der Waals surface area contributed by atoms with Crippen molar-refractivity contribution in [2.75, 3.05) is 13.1 Å². The van der Waals surface area contributed by atoms with Crippen LogP contribution >= 0.6 is 11.6 Å². The zero-order valence-electron chi connectivity index (χ0n) is 14.8. The van der Waals surface area contributed by atoms with Crippen molar-refractivity contribution in [2.45, 2.75) is 31.1 Å². The molecule has 2 aromatic heterocycles. The van der Waals surface area contributed by atoms with Crippen molar-refractivity contribution in [1.82, 2.24) is 19.7 Å². The molecule has 2 aliphatic rings. The van der Waals surface area contributed by atoms with Crippen molar-refractivity contribution in [3.05, 3.63) is 52.4 Å². The monoisotopic (exact) mass is 368 g/mol. The number of halogens is 1. The van der Waals surface area contributed by atoms with Crippen LogP contribution in [0.25, 0.3) is 10.9 Å². The summed E-state index contributed by atoms with van der Waals surface area (Å²) in [5, 5.41) is 9.12. The fourth-order valence-corrected chi connectivity index (χ4v) is 5.21. The Labute approximate surface area is 156 Å². The number of fused-ring (bicyclic) bond motifs is 3. The number of amides is 1. The summed E-state index contributed by atoms with van der Waals surface area (Å²) in [7, 11) is 1.92. The van der Waals surface area contributed by atoms with E-state index in [0.717, 1.165) is 49.7 Å². The molecule has 26 heavy (non-hydrogen) atoms. The fraction of sp³-hybridized carbons (Fsp3) is 0.400. The van der Waals surface area contributed by atoms with Crippen molar-refractivity contribution in [3.63, 3.8) is 0 Å². The topological polar surface area (TPSA) is 53.9 Å². The fourth-order valence-electron chi connectivity index (χ4n) is 4.91. The average Bonchev–Trinajstić information content (AvgIpc) is 3.32. The lowest BCUT2D eigenvalue weighted by Crippen LogP contribution is -2.48. The summed E-state index contributed by atoms with van der Waals surface area (Å²) in [6, 6.07) is 7.75. The minimum absolute atomic E-state index is 0.0436. The Balaban J connectivity index is 1.50. The maximum absolute atomic E-state index is 13.3. The first-order valence-electron chi connectivity index (χ1n) is 9.15. The normalized spacial score (nSPS) is 22.3. The molecule has 1 fully saturated rings. The summed E-state index contributed by atoms with van der Waals surface area (Å²) < 4.78 is 1.93. The lowest BCUT2D eigenvalue weighted by Gasteiger charge is -2.40. The van der Waals surface area contributed by atoms with Gasteiger partial charge in [-0.25, -0.2) is 0 Å². The Hall–Kier alpha value is -2.27. The molecule has 6 heteroatoms. The third-order valence-electron chi connectivity index (χ3n) is 6.21. The van der Waals surface area contributed by atoms with Gasteiger partial charge in [-0.2, -0.15) is 5.10 Å². The smallest absolute Gasteiger partial charge is 0.270 e. The molecule has 1 aromatic carbocycles. The largest absolute Gasteiger partial charge is 0.338 e. The van der Waals surface area contributed by atoms with Gasteiger partial charge in [-0.05, 0) is 43.4 Å². The second kappa shape index (κ2) is 5.61. The van der Waals surface area contributed by atoms with Crippen molar-refractivity contribution in [3.8, 4) is 0 Å². The highest BCUT2D eigenvalue weighted by Crippen LogP contribution is 2.44. The van der Waals surface area contributed by atoms with E-state index in [4.69, 9.17) is 11.6 Å². The number of nitrogens with one attached hydrogen (secondary N) is 1. The van der Waals surface area contributed by atoms with Gasteiger partial charge < -0.3 is 9.47 Å². The molecular formula is C20H21ClN4O. The first-order chi connectivity index (χ1) is 12.6. The van der Waals surface area contributed by atoms with Gasteiger partial charge in [0.2, 0.25) is 0 Å². The van der Waals surface area contributed by atoms with Crippen LogP contribution in [-0.4, -0.2) is 38.7 Å². The Kier molecular flexibility index (Phi) is 3.44. The summed E-state index contributed by atoms with van der Waals surface area (Å²) >= 11 is 6.35. The Morgan fingerprint density at radius 3 is 3.08 bits per heavy atom. The van der Waals surface area contributed by atoms with E-state index in [1.54, 1.807) is 0 Å². The van der Waals surface area contributed by atoms with E-state index in [1.807, 2.05) is 47.0 Å². The highest BCUT2D eigenvalue weighted by atomic mass is 35.5. The number of hydrogen-bond donors (Lipinski definition) is 1. The molecule has 5 rings (SSSR count). The summed E-state index contributed by atoms with van der Waals surface area (Å²) in [4.78, 5) is 15.3. The summed E-state index contributed by atoms with van der Waals surface area (Å²) in [5.41, 5.74) is 4.22. The number of H-pyrrole nitrogens is 1. The summed E-state index contributed by atoms with van der Waals surface area (Å²) in [6.07, 6.45) is 6.23. The molecule has 0 radical (unpaired) electrons. The molecule has 1 saturated heterocycles. The van der Waals surface area contributed by atoms with E-state index in [0.29, 0.717) is 10.7 Å². The number of hydrogen-bond acceptors (Lipinski definition) is 2. The number of aryl methyl sites for hydroxylation is 2. The predicted molar refractivity (Wildman–Crippen MR) is 102 cm³/mol. The molecule has 1 spiro atoms. The van der Waals surface area contributed by atoms with Gasteiger partial charge in [0.05, 0.1) is 16.7 Å². The lowest BCUT2D eigenvalue weighted by molar-refractivity contribution is 0.0624. The predicted octanol–water partition coefficient (Wildman–Crippen LogP) is 3.68. The van der Waals surface area contributed by atoms with Crippen molar-refractivity contribution < 1.29 is 4.79 Å². The SMILES string of the molecule is Cn1c(C(=O)N2CCCC3(CCc4cn[nH]c43)C2)cc2cccc(Cl)c21. The number of rotatable bonds is 1. The number of likely N-dealkylation sites (tertiary alicyclic amines) is 1. The highest BCUT2D eigenvalue weighted by Gasteiger charge is 2.44. The van der Waals surface area contributed by atoms with E-state index >= 15 is 0 Å². The van der Waals surface area contributed by atoms with Gasteiger partial charge in [0.25, 0.3) is 5.91 Å². The van der Waals surface area contributed by atoms with Gasteiger partial charge in [0, 0.05) is 36.6 Å². The molecule has 134 valence electrons. The summed E-state index contributed by atoms with van der Waals surface area (Å²) in [6.45, 7) is 1.57. The zero-order chi connectivity index (χ0) is 17.9. The molecule has 0 saturated carbocycles. The minimum atomic E-state index is 0.0436. The van der Waals surface area contributed by atoms with E-state index < -0.39 is 0 Å². The Morgan fingerprint density at radius 2 is 2.23 bits per heavy atom. The standard InChI is InChI=1S/C20H21ClN4O/c1-24-16(10-13-4-2-5-15(21)17(13)24)19(26)25-9-3-7-20(12-25)8-6-14-11-22-23-18(14)20/h2,4-5,10-11H,3,6-9,12H2,1H3,(H,22,23). The van der Waals surface area contributed by atoms with Crippen LogP contribution in [0.5, 0.6) is 0 Å². The number of benzene rings is 1. The Morgan fingerprint density at radius 1 is 1.35 bits per heavy atom. The highest BCUT2D eigenvalue weighted by molar-refractivity contribution is 6.35. The maximum atomic E-state index is 13.3. The third-order valence-corrected chi connectivity index (χ3v) is 6.52. The van der Waals surface area contributed by atoms with E-state index in [1.165, 1.54) is 11.3 Å². The van der Waals surface area contributed by atoms with E-state index in [2.05, 4.69) is 10.2 Å². The van der Waals surface area contributed by atoms with Gasteiger partial charge in [0.15, 0.2) is 0 Å². The molecule has 5 nitrogen and oxygen atoms in total. The second-order valence-corrected chi connectivity index (χ2v) is 8.05. The second-order valence-electron chi connectivity index (χ2n) is 7.65. The van der Waals surface area contributed by atoms with Gasteiger partial charge in [-0.3, -0.25) is 9.89 Å². The van der Waals surface area contributed by atoms with Crippen molar-refractivity contribution >= 4 is 28.4 Å². The molecule has 1 amide bonds. The first-order valence-corrected chi connectivity index (χ1v) is 9.53. The lowest BCUT2D eigenvalue weighted by atomic mass is 9.77. The molecule has 1 atom stereocenters. The summed E-state index contributed by atoms with van der Waals surface area (Å²) in [5.74, 6) is 0.0896. The number of piperidine rings is 1. The van der Waals surface area contributed by atoms with E-state index in [-0.39, 0.29) is 11.3 Å². The maximum Gasteiger partial charge on any atom is 0.270 e. The number of para-hydroxylation sites is 1. The Bertz CT molecular complexity index is 1020. The average molecular weight is 369 g/mol. The van der Waals surface area contributed by atoms with Gasteiger partial charge >= 0.3 is 0 Å². The van der Waals surface area contributed by atoms with Crippen LogP contribution in [0.3, 0.4) is 0 Å². The molecule has 1 N–H and O–H groups in total. The molecule has 1 aliphatic heterocycles. The van der Waals surface area contributed by atoms with Crippen LogP contribution < -0.4 is 0 Å². The number of aromatic amines is 1. The molecule has 1 aliphatic carbocycles. The minimum Gasteiger partial charge on any atom is -0.338 e. The van der Waals surface area contributed by atoms with Crippen molar-refractivity contribution in [2.24, 2.45) is 7.05 Å². The van der Waals surface area contributed by atoms with Crippen LogP contribution in [-0.2, 0) is 18.9 Å².